The molecule has 0 spiro atoms. The highest BCUT2D eigenvalue weighted by Gasteiger charge is 2.10. The van der Waals surface area contributed by atoms with Gasteiger partial charge in [0.2, 0.25) is 0 Å². The van der Waals surface area contributed by atoms with Gasteiger partial charge in [-0.15, -0.1) is 10.2 Å². The van der Waals surface area contributed by atoms with E-state index in [9.17, 15) is 4.79 Å². The molecule has 0 saturated heterocycles. The lowest BCUT2D eigenvalue weighted by Gasteiger charge is -2.06. The number of carbonyl (C=O) groups is 1. The third-order valence-electron chi connectivity index (χ3n) is 4.04. The minimum atomic E-state index is -0.436. The number of esters is 1. The Hall–Kier alpha value is -3.67. The van der Waals surface area contributed by atoms with Crippen molar-refractivity contribution in [3.05, 3.63) is 72.6 Å². The van der Waals surface area contributed by atoms with E-state index in [-0.39, 0.29) is 0 Å². The van der Waals surface area contributed by atoms with Crippen LogP contribution in [-0.2, 0) is 4.74 Å². The summed E-state index contributed by atoms with van der Waals surface area (Å²) in [5.41, 5.74) is 2.58. The second-order valence-electron chi connectivity index (χ2n) is 5.62. The zero-order valence-corrected chi connectivity index (χ0v) is 14.0. The fourth-order valence-corrected chi connectivity index (χ4v) is 2.73. The lowest BCUT2D eigenvalue weighted by molar-refractivity contribution is 0.0600. The summed E-state index contributed by atoms with van der Waals surface area (Å²) in [5.74, 6) is -0.0419. The molecular weight excluding hydrogens is 328 g/mol. The van der Waals surface area contributed by atoms with Gasteiger partial charge >= 0.3 is 5.97 Å². The van der Waals surface area contributed by atoms with Gasteiger partial charge in [-0.1, -0.05) is 42.5 Å². The molecule has 0 unspecified atom stereocenters. The van der Waals surface area contributed by atoms with E-state index in [1.165, 1.54) is 13.3 Å². The maximum absolute atomic E-state index is 11.5. The minimum absolute atomic E-state index is 0.372. The first-order valence-electron chi connectivity index (χ1n) is 7.99. The summed E-state index contributed by atoms with van der Waals surface area (Å²) in [6.45, 7) is 0. The molecule has 6 nitrogen and oxygen atoms in total. The van der Waals surface area contributed by atoms with Gasteiger partial charge in [0.1, 0.15) is 11.4 Å². The molecule has 6 heteroatoms. The summed E-state index contributed by atoms with van der Waals surface area (Å²) in [7, 11) is 1.33. The lowest BCUT2D eigenvalue weighted by atomic mass is 10.0. The predicted octanol–water partition coefficient (Wildman–Crippen LogP) is 3.54. The van der Waals surface area contributed by atoms with Crippen molar-refractivity contribution in [1.82, 2.24) is 20.2 Å². The smallest absolute Gasteiger partial charge is 0.339 e. The topological polar surface area (TPSA) is 77.9 Å². The van der Waals surface area contributed by atoms with Crippen molar-refractivity contribution in [1.29, 1.82) is 0 Å². The number of nitrogens with zero attached hydrogens (tertiary/aromatic N) is 4. The SMILES string of the molecule is COC(=O)c1ccc(-c2ncc(-c3cccc4ccccc34)nn2)nc1. The molecule has 126 valence electrons. The van der Waals surface area contributed by atoms with Crippen LogP contribution in [-0.4, -0.2) is 33.2 Å². The molecule has 26 heavy (non-hydrogen) atoms. The molecule has 4 rings (SSSR count). The van der Waals surface area contributed by atoms with Crippen LogP contribution < -0.4 is 0 Å². The van der Waals surface area contributed by atoms with E-state index >= 15 is 0 Å². The number of methoxy groups -OCH3 is 1. The van der Waals surface area contributed by atoms with Crippen LogP contribution in [0.25, 0.3) is 33.5 Å². The van der Waals surface area contributed by atoms with E-state index in [0.29, 0.717) is 22.8 Å². The molecule has 0 N–H and O–H groups in total. The van der Waals surface area contributed by atoms with Crippen LogP contribution in [0.5, 0.6) is 0 Å². The van der Waals surface area contributed by atoms with Crippen LogP contribution in [0.15, 0.2) is 67.0 Å². The van der Waals surface area contributed by atoms with Crippen molar-refractivity contribution in [2.24, 2.45) is 0 Å². The summed E-state index contributed by atoms with van der Waals surface area (Å²) in [6.07, 6.45) is 3.11. The van der Waals surface area contributed by atoms with Gasteiger partial charge in [-0.25, -0.2) is 9.78 Å². The Morgan fingerprint density at radius 1 is 0.846 bits per heavy atom. The van der Waals surface area contributed by atoms with Crippen LogP contribution in [0.1, 0.15) is 10.4 Å². The van der Waals surface area contributed by atoms with Crippen LogP contribution in [0.4, 0.5) is 0 Å². The van der Waals surface area contributed by atoms with Crippen molar-refractivity contribution >= 4 is 16.7 Å². The van der Waals surface area contributed by atoms with Gasteiger partial charge in [0.05, 0.1) is 18.9 Å². The first-order chi connectivity index (χ1) is 12.8. The third-order valence-corrected chi connectivity index (χ3v) is 4.04. The number of benzene rings is 2. The molecular formula is C20H14N4O2. The Morgan fingerprint density at radius 3 is 2.42 bits per heavy atom. The van der Waals surface area contributed by atoms with Crippen LogP contribution in [0, 0.1) is 0 Å². The first kappa shape index (κ1) is 15.8. The van der Waals surface area contributed by atoms with Gasteiger partial charge in [0.15, 0.2) is 5.82 Å². The van der Waals surface area contributed by atoms with Gasteiger partial charge < -0.3 is 4.74 Å². The summed E-state index contributed by atoms with van der Waals surface area (Å²) >= 11 is 0. The largest absolute Gasteiger partial charge is 0.465 e. The summed E-state index contributed by atoms with van der Waals surface area (Å²) in [6, 6.07) is 17.4. The zero-order valence-electron chi connectivity index (χ0n) is 14.0. The molecule has 2 heterocycles. The molecule has 0 saturated carbocycles. The van der Waals surface area contributed by atoms with E-state index in [2.05, 4.69) is 37.0 Å². The van der Waals surface area contributed by atoms with Crippen LogP contribution in [0.3, 0.4) is 0 Å². The molecule has 0 bridgehead atoms. The Morgan fingerprint density at radius 2 is 1.69 bits per heavy atom. The standard InChI is InChI=1S/C20H14N4O2/c1-26-20(25)14-9-10-17(21-11-14)19-22-12-18(23-24-19)16-8-4-6-13-5-2-3-7-15(13)16/h2-12H,1H3. The minimum Gasteiger partial charge on any atom is -0.465 e. The van der Waals surface area contributed by atoms with Crippen molar-refractivity contribution in [3.63, 3.8) is 0 Å². The Balaban J connectivity index is 1.67. The maximum Gasteiger partial charge on any atom is 0.339 e. The molecule has 0 atom stereocenters. The van der Waals surface area contributed by atoms with Gasteiger partial charge in [-0.3, -0.25) is 4.98 Å². The summed E-state index contributed by atoms with van der Waals surface area (Å²) < 4.78 is 4.66. The van der Waals surface area contributed by atoms with E-state index in [0.717, 1.165) is 16.3 Å². The highest BCUT2D eigenvalue weighted by Crippen LogP contribution is 2.26. The first-order valence-corrected chi connectivity index (χ1v) is 7.99. The summed E-state index contributed by atoms with van der Waals surface area (Å²) in [5, 5.41) is 10.7. The van der Waals surface area contributed by atoms with Crippen molar-refractivity contribution in [2.75, 3.05) is 7.11 Å². The highest BCUT2D eigenvalue weighted by molar-refractivity contribution is 5.95. The highest BCUT2D eigenvalue weighted by atomic mass is 16.5. The Bertz CT molecular complexity index is 1070. The number of hydrogen-bond donors (Lipinski definition) is 0. The van der Waals surface area contributed by atoms with Gasteiger partial charge in [0, 0.05) is 11.8 Å². The average molecular weight is 342 g/mol. The maximum atomic E-state index is 11.5. The molecule has 0 fully saturated rings. The molecule has 2 aromatic carbocycles. The predicted molar refractivity (Wildman–Crippen MR) is 97.3 cm³/mol. The average Bonchev–Trinajstić information content (AvgIpc) is 2.73. The van der Waals surface area contributed by atoms with Gasteiger partial charge in [-0.05, 0) is 22.9 Å². The molecule has 0 aliphatic carbocycles. The lowest BCUT2D eigenvalue weighted by Crippen LogP contribution is -2.02. The number of carbonyl (C=O) groups excluding carboxylic acids is 1. The van der Waals surface area contributed by atoms with Crippen molar-refractivity contribution < 1.29 is 9.53 Å². The Kier molecular flexibility index (Phi) is 4.07. The molecule has 4 aromatic rings. The second-order valence-corrected chi connectivity index (χ2v) is 5.62. The number of fused-ring (bicyclic) bond motifs is 1. The van der Waals surface area contributed by atoms with Gasteiger partial charge in [-0.2, -0.15) is 0 Å². The van der Waals surface area contributed by atoms with E-state index in [1.54, 1.807) is 18.3 Å². The normalized spacial score (nSPS) is 10.7. The van der Waals surface area contributed by atoms with E-state index in [4.69, 9.17) is 0 Å². The monoisotopic (exact) mass is 342 g/mol. The van der Waals surface area contributed by atoms with Crippen LogP contribution >= 0.6 is 0 Å². The second kappa shape index (κ2) is 6.68. The summed E-state index contributed by atoms with van der Waals surface area (Å²) in [4.78, 5) is 20.0. The fraction of sp³-hybridized carbons (Fsp3) is 0.0500. The molecule has 0 radical (unpaired) electrons. The molecule has 0 amide bonds. The number of rotatable bonds is 3. The number of ether oxygens (including phenoxy) is 1. The van der Waals surface area contributed by atoms with Crippen LogP contribution in [0.2, 0.25) is 0 Å². The molecule has 0 aliphatic rings. The quantitative estimate of drug-likeness (QED) is 0.530. The van der Waals surface area contributed by atoms with Crippen molar-refractivity contribution in [2.45, 2.75) is 0 Å². The fourth-order valence-electron chi connectivity index (χ4n) is 2.73. The van der Waals surface area contributed by atoms with E-state index in [1.807, 2.05) is 30.3 Å². The van der Waals surface area contributed by atoms with Crippen molar-refractivity contribution in [3.8, 4) is 22.8 Å². The number of pyridine rings is 1. The Labute approximate surface area is 149 Å². The van der Waals surface area contributed by atoms with E-state index < -0.39 is 5.97 Å². The third kappa shape index (κ3) is 2.88. The molecule has 2 aromatic heterocycles. The number of hydrogen-bond acceptors (Lipinski definition) is 6. The van der Waals surface area contributed by atoms with Gasteiger partial charge in [0.25, 0.3) is 0 Å². The molecule has 0 aliphatic heterocycles. The zero-order chi connectivity index (χ0) is 17.9. The number of aromatic nitrogens is 4.